The quantitative estimate of drug-likeness (QED) is 0.480. The van der Waals surface area contributed by atoms with E-state index in [-0.39, 0.29) is 34.6 Å². The topological polar surface area (TPSA) is 81.5 Å². The van der Waals surface area contributed by atoms with Gasteiger partial charge >= 0.3 is 0 Å². The first-order valence-corrected chi connectivity index (χ1v) is 14.3. The Morgan fingerprint density at radius 3 is 2.60 bits per heavy atom. The largest absolute Gasteiger partial charge is 0.376 e. The van der Waals surface area contributed by atoms with Crippen molar-refractivity contribution in [3.05, 3.63) is 47.5 Å². The Kier molecular flexibility index (Phi) is 8.27. The second kappa shape index (κ2) is 11.2. The van der Waals surface area contributed by atoms with E-state index in [9.17, 15) is 17.6 Å². The minimum absolute atomic E-state index is 0.0348. The van der Waals surface area contributed by atoms with Crippen LogP contribution in [-0.4, -0.2) is 48.0 Å². The highest BCUT2D eigenvalue weighted by molar-refractivity contribution is 7.90. The molecule has 7 nitrogen and oxygen atoms in total. The van der Waals surface area contributed by atoms with Gasteiger partial charge in [0.2, 0.25) is 20.9 Å². The molecule has 1 aliphatic carbocycles. The molecule has 192 valence electrons. The second-order valence-corrected chi connectivity index (χ2v) is 12.1. The monoisotopic (exact) mass is 505 g/mol. The molecule has 2 heterocycles. The zero-order valence-corrected chi connectivity index (χ0v) is 21.5. The smallest absolute Gasteiger partial charge is 0.228 e. The van der Waals surface area contributed by atoms with Gasteiger partial charge in [-0.15, -0.1) is 0 Å². The summed E-state index contributed by atoms with van der Waals surface area (Å²) in [6, 6.07) is 5.89. The number of carbonyl (C=O) groups excluding carboxylic acids is 1. The van der Waals surface area contributed by atoms with E-state index in [0.717, 1.165) is 38.5 Å². The van der Waals surface area contributed by atoms with Gasteiger partial charge < -0.3 is 14.2 Å². The maximum absolute atomic E-state index is 14.2. The molecule has 0 bridgehead atoms. The van der Waals surface area contributed by atoms with Gasteiger partial charge in [0, 0.05) is 24.6 Å². The van der Waals surface area contributed by atoms with E-state index < -0.39 is 21.4 Å². The summed E-state index contributed by atoms with van der Waals surface area (Å²) in [6.07, 6.45) is 7.15. The number of carbonyl (C=O) groups is 1. The Morgan fingerprint density at radius 1 is 1.20 bits per heavy atom. The van der Waals surface area contributed by atoms with Crippen molar-refractivity contribution in [2.75, 3.05) is 13.2 Å². The van der Waals surface area contributed by atoms with Crippen molar-refractivity contribution in [2.45, 2.75) is 82.5 Å². The lowest BCUT2D eigenvalue weighted by molar-refractivity contribution is -0.136. The summed E-state index contributed by atoms with van der Waals surface area (Å²) in [5.41, 5.74) is 0.776. The molecule has 1 amide bonds. The van der Waals surface area contributed by atoms with Gasteiger partial charge in [-0.25, -0.2) is 17.8 Å². The van der Waals surface area contributed by atoms with Crippen molar-refractivity contribution >= 4 is 15.7 Å². The Balaban J connectivity index is 1.65. The molecular weight excluding hydrogens is 469 g/mol. The van der Waals surface area contributed by atoms with Gasteiger partial charge in [0.15, 0.2) is 0 Å². The zero-order chi connectivity index (χ0) is 25.0. The lowest BCUT2D eigenvalue weighted by atomic mass is 10.1. The Labute approximate surface area is 207 Å². The van der Waals surface area contributed by atoms with E-state index >= 15 is 0 Å². The van der Waals surface area contributed by atoms with E-state index in [1.165, 1.54) is 18.2 Å². The summed E-state index contributed by atoms with van der Waals surface area (Å²) in [7, 11) is -3.93. The fourth-order valence-corrected chi connectivity index (χ4v) is 6.65. The van der Waals surface area contributed by atoms with Crippen LogP contribution in [-0.2, 0) is 38.2 Å². The predicted molar refractivity (Wildman–Crippen MR) is 131 cm³/mol. The van der Waals surface area contributed by atoms with E-state index in [4.69, 9.17) is 4.74 Å². The molecule has 1 aromatic heterocycles. The minimum atomic E-state index is -3.93. The van der Waals surface area contributed by atoms with E-state index in [1.807, 2.05) is 4.90 Å². The Hall–Kier alpha value is -2.26. The molecular formula is C26H36FN3O4S. The SMILES string of the molecule is CC(C)CN(Cc1cnc(S(=O)(=O)Cc2ccccc2F)n1CC1CCCO1)C(=O)C1CCCC1. The summed E-state index contributed by atoms with van der Waals surface area (Å²) in [4.78, 5) is 19.5. The number of halogens is 1. The molecule has 1 aromatic carbocycles. The number of sulfone groups is 1. The number of nitrogens with zero attached hydrogens (tertiary/aromatic N) is 3. The van der Waals surface area contributed by atoms with Crippen LogP contribution in [0.25, 0.3) is 0 Å². The summed E-state index contributed by atoms with van der Waals surface area (Å²) < 4.78 is 48.5. The highest BCUT2D eigenvalue weighted by Crippen LogP contribution is 2.28. The average molecular weight is 506 g/mol. The third-order valence-corrected chi connectivity index (χ3v) is 8.42. The number of aromatic nitrogens is 2. The standard InChI is InChI=1S/C26H36FN3O4S/c1-19(2)15-29(25(31)20-8-3-4-9-20)16-22-14-28-26(30(22)17-23-11-7-13-34-23)35(32,33)18-21-10-5-6-12-24(21)27/h5-6,10,12,14,19-20,23H,3-4,7-9,11,13,15-18H2,1-2H3. The lowest BCUT2D eigenvalue weighted by Crippen LogP contribution is -2.38. The summed E-state index contributed by atoms with van der Waals surface area (Å²) >= 11 is 0. The van der Waals surface area contributed by atoms with Crippen LogP contribution in [0.15, 0.2) is 35.6 Å². The number of rotatable bonds is 10. The minimum Gasteiger partial charge on any atom is -0.376 e. The van der Waals surface area contributed by atoms with Crippen molar-refractivity contribution in [1.82, 2.24) is 14.5 Å². The molecule has 1 saturated heterocycles. The molecule has 1 saturated carbocycles. The van der Waals surface area contributed by atoms with Gasteiger partial charge in [0.05, 0.1) is 36.8 Å². The van der Waals surface area contributed by atoms with Crippen molar-refractivity contribution in [3.63, 3.8) is 0 Å². The molecule has 0 N–H and O–H groups in total. The van der Waals surface area contributed by atoms with Crippen molar-refractivity contribution in [3.8, 4) is 0 Å². The molecule has 35 heavy (non-hydrogen) atoms. The van der Waals surface area contributed by atoms with Crippen LogP contribution in [0.5, 0.6) is 0 Å². The van der Waals surface area contributed by atoms with Gasteiger partial charge in [-0.3, -0.25) is 4.79 Å². The number of amides is 1. The van der Waals surface area contributed by atoms with Crippen LogP contribution in [0.2, 0.25) is 0 Å². The van der Waals surface area contributed by atoms with Crippen LogP contribution in [0.3, 0.4) is 0 Å². The second-order valence-electron chi connectivity index (χ2n) is 10.2. The maximum atomic E-state index is 14.2. The summed E-state index contributed by atoms with van der Waals surface area (Å²) in [6.45, 7) is 6.02. The zero-order valence-electron chi connectivity index (χ0n) is 20.7. The number of ether oxygens (including phenoxy) is 1. The average Bonchev–Trinajstić information content (AvgIpc) is 3.57. The molecule has 9 heteroatoms. The first-order valence-electron chi connectivity index (χ1n) is 12.7. The molecule has 0 spiro atoms. The molecule has 1 aliphatic heterocycles. The molecule has 2 fully saturated rings. The predicted octanol–water partition coefficient (Wildman–Crippen LogP) is 4.35. The first-order chi connectivity index (χ1) is 16.7. The molecule has 4 rings (SSSR count). The van der Waals surface area contributed by atoms with E-state index in [2.05, 4.69) is 18.8 Å². The third kappa shape index (κ3) is 6.30. The fourth-order valence-electron chi connectivity index (χ4n) is 5.14. The molecule has 1 atom stereocenters. The Morgan fingerprint density at radius 2 is 1.94 bits per heavy atom. The normalized spacial score (nSPS) is 19.0. The van der Waals surface area contributed by atoms with Gasteiger partial charge in [0.25, 0.3) is 0 Å². The maximum Gasteiger partial charge on any atom is 0.228 e. The van der Waals surface area contributed by atoms with Gasteiger partial charge in [-0.05, 0) is 37.7 Å². The number of hydrogen-bond donors (Lipinski definition) is 0. The van der Waals surface area contributed by atoms with E-state index in [1.54, 1.807) is 16.8 Å². The van der Waals surface area contributed by atoms with Crippen LogP contribution in [0, 0.1) is 17.7 Å². The number of imidazole rings is 1. The van der Waals surface area contributed by atoms with Gasteiger partial charge in [0.1, 0.15) is 5.82 Å². The number of hydrogen-bond acceptors (Lipinski definition) is 5. The number of benzene rings is 1. The van der Waals surface area contributed by atoms with Crippen molar-refractivity contribution in [2.24, 2.45) is 11.8 Å². The highest BCUT2D eigenvalue weighted by Gasteiger charge is 2.31. The highest BCUT2D eigenvalue weighted by atomic mass is 32.2. The van der Waals surface area contributed by atoms with Crippen LogP contribution < -0.4 is 0 Å². The third-order valence-electron chi connectivity index (χ3n) is 6.85. The van der Waals surface area contributed by atoms with E-state index in [0.29, 0.717) is 31.9 Å². The van der Waals surface area contributed by atoms with Gasteiger partial charge in [-0.1, -0.05) is 44.9 Å². The summed E-state index contributed by atoms with van der Waals surface area (Å²) in [5, 5.41) is -0.0935. The van der Waals surface area contributed by atoms with Crippen molar-refractivity contribution < 1.29 is 22.3 Å². The van der Waals surface area contributed by atoms with Gasteiger partial charge in [-0.2, -0.15) is 0 Å². The molecule has 1 unspecified atom stereocenters. The van der Waals surface area contributed by atoms with Crippen LogP contribution in [0.1, 0.15) is 63.6 Å². The lowest BCUT2D eigenvalue weighted by Gasteiger charge is -2.28. The Bertz CT molecular complexity index is 1120. The molecule has 2 aliphatic rings. The summed E-state index contributed by atoms with van der Waals surface area (Å²) in [5.74, 6) is -0.583. The van der Waals surface area contributed by atoms with Crippen LogP contribution >= 0.6 is 0 Å². The van der Waals surface area contributed by atoms with Crippen LogP contribution in [0.4, 0.5) is 4.39 Å². The first kappa shape index (κ1) is 25.8. The van der Waals surface area contributed by atoms with Crippen molar-refractivity contribution in [1.29, 1.82) is 0 Å². The molecule has 0 radical (unpaired) electrons. The molecule has 2 aromatic rings. The fraction of sp³-hybridized carbons (Fsp3) is 0.615.